The van der Waals surface area contributed by atoms with E-state index in [1.807, 2.05) is 0 Å². The standard InChI is InChI=1S/C10H15N3O2S/c1-2-8(5-7-3-4-7)12-10-11-6-9(16-10)13(14)15/h6-8H,2-5H2,1H3,(H,11,12). The molecule has 0 aromatic carbocycles. The van der Waals surface area contributed by atoms with E-state index in [-0.39, 0.29) is 5.00 Å². The number of hydrogen-bond acceptors (Lipinski definition) is 5. The van der Waals surface area contributed by atoms with Crippen LogP contribution < -0.4 is 5.32 Å². The number of aromatic nitrogens is 1. The van der Waals surface area contributed by atoms with E-state index in [4.69, 9.17) is 0 Å². The van der Waals surface area contributed by atoms with Gasteiger partial charge in [-0.15, -0.1) is 0 Å². The van der Waals surface area contributed by atoms with Gasteiger partial charge in [-0.3, -0.25) is 10.1 Å². The van der Waals surface area contributed by atoms with Gasteiger partial charge in [-0.1, -0.05) is 19.8 Å². The summed E-state index contributed by atoms with van der Waals surface area (Å²) in [6.07, 6.45) is 6.16. The molecule has 1 heterocycles. The Bertz CT molecular complexity index is 376. The van der Waals surface area contributed by atoms with E-state index < -0.39 is 4.92 Å². The van der Waals surface area contributed by atoms with Gasteiger partial charge < -0.3 is 5.32 Å². The summed E-state index contributed by atoms with van der Waals surface area (Å²) in [6.45, 7) is 2.13. The number of nitrogens with zero attached hydrogens (tertiary/aromatic N) is 2. The summed E-state index contributed by atoms with van der Waals surface area (Å²) in [6, 6.07) is 0.401. The van der Waals surface area contributed by atoms with Crippen molar-refractivity contribution in [2.45, 2.75) is 38.6 Å². The number of thiazole rings is 1. The van der Waals surface area contributed by atoms with E-state index in [0.717, 1.165) is 30.1 Å². The molecule has 1 aliphatic carbocycles. The Kier molecular flexibility index (Phi) is 3.38. The van der Waals surface area contributed by atoms with Gasteiger partial charge in [-0.25, -0.2) is 4.98 Å². The minimum Gasteiger partial charge on any atom is -0.359 e. The van der Waals surface area contributed by atoms with E-state index in [0.29, 0.717) is 11.2 Å². The molecule has 0 aliphatic heterocycles. The van der Waals surface area contributed by atoms with Crippen LogP contribution in [0.1, 0.15) is 32.6 Å². The highest BCUT2D eigenvalue weighted by molar-refractivity contribution is 7.18. The molecule has 1 fully saturated rings. The molecular weight excluding hydrogens is 226 g/mol. The highest BCUT2D eigenvalue weighted by Gasteiger charge is 2.25. The highest BCUT2D eigenvalue weighted by Crippen LogP contribution is 2.35. The molecule has 1 aromatic heterocycles. The number of hydrogen-bond donors (Lipinski definition) is 1. The van der Waals surface area contributed by atoms with E-state index in [9.17, 15) is 10.1 Å². The second-order valence-corrected chi connectivity index (χ2v) is 5.20. The Hall–Kier alpha value is -1.17. The van der Waals surface area contributed by atoms with E-state index >= 15 is 0 Å². The molecule has 1 aromatic rings. The zero-order chi connectivity index (χ0) is 11.5. The van der Waals surface area contributed by atoms with Gasteiger partial charge in [-0.05, 0) is 30.1 Å². The number of anilines is 1. The third kappa shape index (κ3) is 2.91. The fourth-order valence-corrected chi connectivity index (χ4v) is 2.38. The molecule has 0 bridgehead atoms. The molecular formula is C10H15N3O2S. The lowest BCUT2D eigenvalue weighted by Gasteiger charge is -2.15. The van der Waals surface area contributed by atoms with E-state index in [2.05, 4.69) is 17.2 Å². The van der Waals surface area contributed by atoms with Gasteiger partial charge in [0.25, 0.3) is 0 Å². The molecule has 0 saturated heterocycles. The average Bonchev–Trinajstić information content (AvgIpc) is 2.93. The molecule has 1 saturated carbocycles. The highest BCUT2D eigenvalue weighted by atomic mass is 32.1. The summed E-state index contributed by atoms with van der Waals surface area (Å²) in [7, 11) is 0. The van der Waals surface area contributed by atoms with E-state index in [1.54, 1.807) is 0 Å². The van der Waals surface area contributed by atoms with Gasteiger partial charge >= 0.3 is 5.00 Å². The first kappa shape index (κ1) is 11.3. The zero-order valence-corrected chi connectivity index (χ0v) is 10.00. The van der Waals surface area contributed by atoms with Crippen molar-refractivity contribution in [1.29, 1.82) is 0 Å². The van der Waals surface area contributed by atoms with Crippen molar-refractivity contribution < 1.29 is 4.92 Å². The second-order valence-electron chi connectivity index (χ2n) is 4.19. The van der Waals surface area contributed by atoms with Crippen LogP contribution in [0.4, 0.5) is 10.1 Å². The number of nitrogens with one attached hydrogen (secondary N) is 1. The van der Waals surface area contributed by atoms with Gasteiger partial charge in [0.05, 0.1) is 4.92 Å². The number of rotatable bonds is 6. The Morgan fingerprint density at radius 3 is 3.00 bits per heavy atom. The fraction of sp³-hybridized carbons (Fsp3) is 0.700. The van der Waals surface area contributed by atoms with Crippen LogP contribution in [0.3, 0.4) is 0 Å². The predicted octanol–water partition coefficient (Wildman–Crippen LogP) is 3.04. The minimum absolute atomic E-state index is 0.101. The van der Waals surface area contributed by atoms with Crippen LogP contribution in [0.15, 0.2) is 6.20 Å². The maximum Gasteiger partial charge on any atom is 0.345 e. The summed E-state index contributed by atoms with van der Waals surface area (Å²) < 4.78 is 0. The van der Waals surface area contributed by atoms with Gasteiger partial charge in [0, 0.05) is 6.04 Å². The predicted molar refractivity (Wildman–Crippen MR) is 63.8 cm³/mol. The van der Waals surface area contributed by atoms with E-state index in [1.165, 1.54) is 19.0 Å². The van der Waals surface area contributed by atoms with Gasteiger partial charge in [-0.2, -0.15) is 0 Å². The molecule has 2 rings (SSSR count). The van der Waals surface area contributed by atoms with Crippen LogP contribution in [0.25, 0.3) is 0 Å². The Morgan fingerprint density at radius 2 is 2.50 bits per heavy atom. The molecule has 0 radical (unpaired) electrons. The van der Waals surface area contributed by atoms with Crippen molar-refractivity contribution in [2.75, 3.05) is 5.32 Å². The summed E-state index contributed by atoms with van der Waals surface area (Å²) in [5.41, 5.74) is 0. The van der Waals surface area contributed by atoms with Crippen molar-refractivity contribution in [2.24, 2.45) is 5.92 Å². The summed E-state index contributed by atoms with van der Waals surface area (Å²) in [5.74, 6) is 0.854. The Morgan fingerprint density at radius 1 is 1.75 bits per heavy atom. The van der Waals surface area contributed by atoms with Gasteiger partial charge in [0.1, 0.15) is 6.20 Å². The average molecular weight is 241 g/mol. The summed E-state index contributed by atoms with van der Waals surface area (Å²) in [5, 5.41) is 14.6. The normalized spacial score (nSPS) is 17.1. The molecule has 0 amide bonds. The fourth-order valence-electron chi connectivity index (χ4n) is 1.67. The van der Waals surface area contributed by atoms with Crippen LogP contribution in [0.5, 0.6) is 0 Å². The first-order valence-corrected chi connectivity index (χ1v) is 6.37. The molecule has 1 N–H and O–H groups in total. The molecule has 88 valence electrons. The third-order valence-corrected chi connectivity index (χ3v) is 3.69. The third-order valence-electron chi connectivity index (χ3n) is 2.81. The van der Waals surface area contributed by atoms with Gasteiger partial charge in [0.15, 0.2) is 5.13 Å². The van der Waals surface area contributed by atoms with Crippen molar-refractivity contribution in [1.82, 2.24) is 4.98 Å². The molecule has 16 heavy (non-hydrogen) atoms. The second kappa shape index (κ2) is 4.78. The zero-order valence-electron chi connectivity index (χ0n) is 9.18. The minimum atomic E-state index is -0.398. The summed E-state index contributed by atoms with van der Waals surface area (Å²) in [4.78, 5) is 14.1. The maximum atomic E-state index is 10.5. The van der Waals surface area contributed by atoms with Crippen LogP contribution in [-0.2, 0) is 0 Å². The van der Waals surface area contributed by atoms with Crippen molar-refractivity contribution in [3.63, 3.8) is 0 Å². The summed E-state index contributed by atoms with van der Waals surface area (Å²) >= 11 is 1.11. The van der Waals surface area contributed by atoms with Crippen LogP contribution >= 0.6 is 11.3 Å². The molecule has 6 heteroatoms. The largest absolute Gasteiger partial charge is 0.359 e. The maximum absolute atomic E-state index is 10.5. The van der Waals surface area contributed by atoms with Crippen LogP contribution in [-0.4, -0.2) is 15.9 Å². The van der Waals surface area contributed by atoms with Crippen LogP contribution in [0.2, 0.25) is 0 Å². The first-order chi connectivity index (χ1) is 7.69. The molecule has 1 atom stereocenters. The first-order valence-electron chi connectivity index (χ1n) is 5.55. The lowest BCUT2D eigenvalue weighted by atomic mass is 10.1. The van der Waals surface area contributed by atoms with Gasteiger partial charge in [0.2, 0.25) is 0 Å². The quantitative estimate of drug-likeness (QED) is 0.614. The monoisotopic (exact) mass is 241 g/mol. The molecule has 1 aliphatic rings. The topological polar surface area (TPSA) is 68.1 Å². The van der Waals surface area contributed by atoms with Crippen molar-refractivity contribution >= 4 is 21.5 Å². The molecule has 0 spiro atoms. The molecule has 1 unspecified atom stereocenters. The SMILES string of the molecule is CCC(CC1CC1)Nc1ncc([N+](=O)[O-])s1. The van der Waals surface area contributed by atoms with Crippen molar-refractivity contribution in [3.05, 3.63) is 16.3 Å². The van der Waals surface area contributed by atoms with Crippen molar-refractivity contribution in [3.8, 4) is 0 Å². The Balaban J connectivity index is 1.92. The smallest absolute Gasteiger partial charge is 0.345 e. The lowest BCUT2D eigenvalue weighted by molar-refractivity contribution is -0.380. The Labute approximate surface area is 98.0 Å². The molecule has 5 nitrogen and oxygen atoms in total. The van der Waals surface area contributed by atoms with Crippen LogP contribution in [0, 0.1) is 16.0 Å². The lowest BCUT2D eigenvalue weighted by Crippen LogP contribution is -2.18. The number of nitro groups is 1.